The van der Waals surface area contributed by atoms with E-state index >= 15 is 0 Å². The summed E-state index contributed by atoms with van der Waals surface area (Å²) in [7, 11) is 4.82. The smallest absolute Gasteiger partial charge is 0.382 e. The van der Waals surface area contributed by atoms with Crippen LogP contribution in [0.2, 0.25) is 0 Å². The van der Waals surface area contributed by atoms with E-state index in [1.807, 2.05) is 13.1 Å². The van der Waals surface area contributed by atoms with E-state index in [-0.39, 0.29) is 27.9 Å². The molecule has 176 valence electrons. The summed E-state index contributed by atoms with van der Waals surface area (Å²) in [6.45, 7) is 4.24. The molecule has 0 aromatic carbocycles. The third-order valence-electron chi connectivity index (χ3n) is 5.42. The molecule has 1 amide bonds. The number of amidine groups is 1. The molecule has 1 aliphatic heterocycles. The van der Waals surface area contributed by atoms with E-state index in [1.165, 1.54) is 14.1 Å². The zero-order chi connectivity index (χ0) is 24.7. The van der Waals surface area contributed by atoms with Gasteiger partial charge in [-0.25, -0.2) is 9.98 Å². The molecule has 33 heavy (non-hydrogen) atoms. The summed E-state index contributed by atoms with van der Waals surface area (Å²) in [5, 5.41) is 2.43. The second-order valence-corrected chi connectivity index (χ2v) is 8.88. The number of anilines is 2. The van der Waals surface area contributed by atoms with Crippen LogP contribution in [0.5, 0.6) is 0 Å². The SMILES string of the molecule is CN(C)C(=O)c1cc(C(F)(F)F)cnc1NC(=S)/N=C(\N)c1cc2c(cn1)N(C)C(C)(C)C2. The molecule has 3 heterocycles. The predicted molar refractivity (Wildman–Crippen MR) is 125 cm³/mol. The van der Waals surface area contributed by atoms with Crippen LogP contribution >= 0.6 is 12.2 Å². The van der Waals surface area contributed by atoms with Crippen molar-refractivity contribution in [2.75, 3.05) is 31.4 Å². The van der Waals surface area contributed by atoms with Crippen molar-refractivity contribution in [2.24, 2.45) is 10.7 Å². The number of amides is 1. The van der Waals surface area contributed by atoms with Gasteiger partial charge in [-0.3, -0.25) is 9.78 Å². The molecule has 0 unspecified atom stereocenters. The summed E-state index contributed by atoms with van der Waals surface area (Å²) < 4.78 is 39.3. The molecule has 0 radical (unpaired) electrons. The molecule has 8 nitrogen and oxygen atoms in total. The number of hydrogen-bond donors (Lipinski definition) is 2. The first-order valence-corrected chi connectivity index (χ1v) is 10.3. The average molecular weight is 480 g/mol. The number of alkyl halides is 3. The van der Waals surface area contributed by atoms with Crippen LogP contribution in [0.1, 0.15) is 41.0 Å². The van der Waals surface area contributed by atoms with Crippen LogP contribution in [0.3, 0.4) is 0 Å². The number of rotatable bonds is 3. The van der Waals surface area contributed by atoms with Gasteiger partial charge in [-0.15, -0.1) is 0 Å². The predicted octanol–water partition coefficient (Wildman–Crippen LogP) is 3.07. The van der Waals surface area contributed by atoms with Crippen LogP contribution in [0.15, 0.2) is 29.5 Å². The van der Waals surface area contributed by atoms with Gasteiger partial charge in [0, 0.05) is 32.9 Å². The highest BCUT2D eigenvalue weighted by atomic mass is 32.1. The summed E-state index contributed by atoms with van der Waals surface area (Å²) in [5.41, 5.74) is 7.13. The van der Waals surface area contributed by atoms with Gasteiger partial charge in [0.2, 0.25) is 0 Å². The lowest BCUT2D eigenvalue weighted by Gasteiger charge is -2.29. The Morgan fingerprint density at radius 2 is 1.94 bits per heavy atom. The second-order valence-electron chi connectivity index (χ2n) is 8.49. The summed E-state index contributed by atoms with van der Waals surface area (Å²) in [5.74, 6) is -0.813. The Bertz CT molecular complexity index is 1150. The lowest BCUT2D eigenvalue weighted by Crippen LogP contribution is -2.37. The molecule has 12 heteroatoms. The first-order valence-electron chi connectivity index (χ1n) is 9.88. The van der Waals surface area contributed by atoms with Crippen LogP contribution in [-0.4, -0.2) is 58.4 Å². The molecule has 3 N–H and O–H groups in total. The zero-order valence-corrected chi connectivity index (χ0v) is 19.6. The van der Waals surface area contributed by atoms with Gasteiger partial charge in [0.1, 0.15) is 11.5 Å². The fourth-order valence-electron chi connectivity index (χ4n) is 3.40. The van der Waals surface area contributed by atoms with Crippen molar-refractivity contribution < 1.29 is 18.0 Å². The molecule has 0 fully saturated rings. The van der Waals surface area contributed by atoms with Gasteiger partial charge in [0.15, 0.2) is 10.9 Å². The number of carbonyl (C=O) groups excluding carboxylic acids is 1. The van der Waals surface area contributed by atoms with E-state index in [0.717, 1.165) is 22.6 Å². The molecule has 0 saturated carbocycles. The minimum Gasteiger partial charge on any atom is -0.382 e. The fraction of sp³-hybridized carbons (Fsp3) is 0.381. The molecule has 0 bridgehead atoms. The minimum absolute atomic E-state index is 0.0232. The lowest BCUT2D eigenvalue weighted by atomic mass is 9.99. The largest absolute Gasteiger partial charge is 0.417 e. The maximum absolute atomic E-state index is 13.1. The maximum Gasteiger partial charge on any atom is 0.417 e. The Hall–Kier alpha value is -3.28. The molecular formula is C21H24F3N7OS. The van der Waals surface area contributed by atoms with E-state index < -0.39 is 17.6 Å². The number of nitrogens with one attached hydrogen (secondary N) is 1. The summed E-state index contributed by atoms with van der Waals surface area (Å²) in [6.07, 6.45) is -1.53. The molecule has 1 aliphatic rings. The van der Waals surface area contributed by atoms with Gasteiger partial charge in [-0.05, 0) is 50.2 Å². The van der Waals surface area contributed by atoms with E-state index in [1.54, 1.807) is 6.20 Å². The minimum atomic E-state index is -4.65. The number of likely N-dealkylation sites (N-methyl/N-ethyl adjacent to an activating group) is 1. The number of nitrogens with two attached hydrogens (primary N) is 1. The van der Waals surface area contributed by atoms with Crippen molar-refractivity contribution >= 4 is 40.6 Å². The number of carbonyl (C=O) groups is 1. The van der Waals surface area contributed by atoms with E-state index in [2.05, 4.69) is 39.0 Å². The number of pyridine rings is 2. The molecule has 3 rings (SSSR count). The number of halogens is 3. The number of aromatic nitrogens is 2. The van der Waals surface area contributed by atoms with Crippen molar-refractivity contribution in [3.63, 3.8) is 0 Å². The van der Waals surface area contributed by atoms with Gasteiger partial charge in [-0.2, -0.15) is 13.2 Å². The van der Waals surface area contributed by atoms with Crippen LogP contribution in [0.25, 0.3) is 0 Å². The van der Waals surface area contributed by atoms with Crippen molar-refractivity contribution in [3.8, 4) is 0 Å². The van der Waals surface area contributed by atoms with Gasteiger partial charge in [0.25, 0.3) is 5.91 Å². The summed E-state index contributed by atoms with van der Waals surface area (Å²) in [4.78, 5) is 27.9. The number of thiocarbonyl (C=S) groups is 1. The number of fused-ring (bicyclic) bond motifs is 1. The standard InChI is InChI=1S/C21H24F3N7OS/c1-20(2)8-11-6-14(26-10-15(11)31(20)5)16(25)28-19(33)29-17-13(18(32)30(3)4)7-12(9-27-17)21(22,23)24/h6-7,9-10H,8H2,1-5H3,(H3,25,27,28,29,33). The van der Waals surface area contributed by atoms with Gasteiger partial charge in [0.05, 0.1) is 23.0 Å². The molecule has 0 atom stereocenters. The van der Waals surface area contributed by atoms with E-state index in [9.17, 15) is 18.0 Å². The Morgan fingerprint density at radius 1 is 1.27 bits per heavy atom. The molecule has 0 spiro atoms. The van der Waals surface area contributed by atoms with Crippen LogP contribution < -0.4 is 16.0 Å². The molecule has 0 saturated heterocycles. The third kappa shape index (κ3) is 5.05. The molecule has 2 aromatic rings. The molecular weight excluding hydrogens is 455 g/mol. The fourth-order valence-corrected chi connectivity index (χ4v) is 3.60. The first kappa shape index (κ1) is 24.4. The van der Waals surface area contributed by atoms with Crippen molar-refractivity contribution in [1.82, 2.24) is 14.9 Å². The normalized spacial score (nSPS) is 15.3. The molecule has 0 aliphatic carbocycles. The maximum atomic E-state index is 13.1. The monoisotopic (exact) mass is 479 g/mol. The van der Waals surface area contributed by atoms with Crippen LogP contribution in [-0.2, 0) is 12.6 Å². The Kier molecular flexibility index (Phi) is 6.33. The van der Waals surface area contributed by atoms with Crippen molar-refractivity contribution in [3.05, 3.63) is 46.9 Å². The number of hydrogen-bond acceptors (Lipinski definition) is 5. The average Bonchev–Trinajstić information content (AvgIpc) is 2.94. The van der Waals surface area contributed by atoms with E-state index in [4.69, 9.17) is 18.0 Å². The highest BCUT2D eigenvalue weighted by Crippen LogP contribution is 2.37. The third-order valence-corrected chi connectivity index (χ3v) is 5.61. The van der Waals surface area contributed by atoms with Crippen LogP contribution in [0, 0.1) is 0 Å². The van der Waals surface area contributed by atoms with Gasteiger partial charge in [-0.1, -0.05) is 0 Å². The highest BCUT2D eigenvalue weighted by molar-refractivity contribution is 7.80. The van der Waals surface area contributed by atoms with Crippen LogP contribution in [0.4, 0.5) is 24.7 Å². The number of aliphatic imine (C=N–C) groups is 1. The second kappa shape index (κ2) is 8.58. The Morgan fingerprint density at radius 3 is 2.55 bits per heavy atom. The van der Waals surface area contributed by atoms with Gasteiger partial charge < -0.3 is 20.9 Å². The Labute approximate surface area is 194 Å². The lowest BCUT2D eigenvalue weighted by molar-refractivity contribution is -0.137. The quantitative estimate of drug-likeness (QED) is 0.397. The Balaban J connectivity index is 1.87. The van der Waals surface area contributed by atoms with Crippen molar-refractivity contribution in [1.29, 1.82) is 0 Å². The highest BCUT2D eigenvalue weighted by Gasteiger charge is 2.34. The van der Waals surface area contributed by atoms with Crippen molar-refractivity contribution in [2.45, 2.75) is 32.0 Å². The first-order chi connectivity index (χ1) is 15.2. The number of nitrogens with zero attached hydrogens (tertiary/aromatic N) is 5. The summed E-state index contributed by atoms with van der Waals surface area (Å²) in [6, 6.07) is 2.55. The summed E-state index contributed by atoms with van der Waals surface area (Å²) >= 11 is 5.18. The van der Waals surface area contributed by atoms with E-state index in [0.29, 0.717) is 18.0 Å². The topological polar surface area (TPSA) is 99.7 Å². The molecule has 2 aromatic heterocycles. The zero-order valence-electron chi connectivity index (χ0n) is 18.8. The van der Waals surface area contributed by atoms with Gasteiger partial charge >= 0.3 is 6.18 Å².